The first-order valence-electron chi connectivity index (χ1n) is 9.66. The molecule has 0 radical (unpaired) electrons. The Kier molecular flexibility index (Phi) is 5.99. The predicted octanol–water partition coefficient (Wildman–Crippen LogP) is 3.98. The Hall–Kier alpha value is -3.32. The molecule has 4 aromatic rings. The summed E-state index contributed by atoms with van der Waals surface area (Å²) in [6.45, 7) is 0.563. The highest BCUT2D eigenvalue weighted by Gasteiger charge is 2.13. The molecular formula is C23H23N3O3S. The molecule has 0 aliphatic rings. The van der Waals surface area contributed by atoms with Gasteiger partial charge in [-0.1, -0.05) is 18.2 Å². The third kappa shape index (κ3) is 4.31. The van der Waals surface area contributed by atoms with Crippen LogP contribution in [0.15, 0.2) is 60.1 Å². The van der Waals surface area contributed by atoms with E-state index in [0.717, 1.165) is 45.4 Å². The van der Waals surface area contributed by atoms with E-state index in [1.54, 1.807) is 14.2 Å². The van der Waals surface area contributed by atoms with Crippen molar-refractivity contribution >= 4 is 22.2 Å². The van der Waals surface area contributed by atoms with Crippen LogP contribution in [0.2, 0.25) is 0 Å². The molecule has 0 saturated heterocycles. The molecule has 0 aliphatic heterocycles. The Labute approximate surface area is 179 Å². The third-order valence-electron chi connectivity index (χ3n) is 4.92. The predicted molar refractivity (Wildman–Crippen MR) is 118 cm³/mol. The zero-order valence-corrected chi connectivity index (χ0v) is 17.7. The van der Waals surface area contributed by atoms with Crippen LogP contribution in [-0.4, -0.2) is 36.1 Å². The van der Waals surface area contributed by atoms with Crippen molar-refractivity contribution in [3.63, 3.8) is 0 Å². The Balaban J connectivity index is 1.39. The molecule has 154 valence electrons. The Morgan fingerprint density at radius 2 is 1.90 bits per heavy atom. The lowest BCUT2D eigenvalue weighted by molar-refractivity contribution is -0.120. The molecule has 2 aromatic carbocycles. The van der Waals surface area contributed by atoms with Crippen molar-refractivity contribution in [1.29, 1.82) is 0 Å². The number of nitrogens with zero attached hydrogens (tertiary/aromatic N) is 2. The first kappa shape index (κ1) is 20.0. The van der Waals surface area contributed by atoms with Gasteiger partial charge in [0.05, 0.1) is 26.3 Å². The van der Waals surface area contributed by atoms with Crippen LogP contribution < -0.4 is 14.8 Å². The van der Waals surface area contributed by atoms with E-state index in [9.17, 15) is 4.79 Å². The average Bonchev–Trinajstić information content (AvgIpc) is 3.36. The van der Waals surface area contributed by atoms with E-state index in [1.807, 2.05) is 64.5 Å². The number of rotatable bonds is 8. The quantitative estimate of drug-likeness (QED) is 0.467. The Bertz CT molecular complexity index is 1150. The number of fused-ring (bicyclic) bond motifs is 1. The number of carbonyl (C=O) groups excluding carboxylic acids is 1. The second kappa shape index (κ2) is 9.00. The molecule has 0 fully saturated rings. The zero-order valence-electron chi connectivity index (χ0n) is 16.9. The van der Waals surface area contributed by atoms with Gasteiger partial charge in [0.25, 0.3) is 0 Å². The fraction of sp³-hybridized carbons (Fsp3) is 0.217. The molecule has 2 heterocycles. The lowest BCUT2D eigenvalue weighted by atomic mass is 10.1. The molecular weight excluding hydrogens is 398 g/mol. The lowest BCUT2D eigenvalue weighted by Crippen LogP contribution is -2.27. The SMILES string of the molecule is COc1ccc(-c2cn3c(CC(=O)NCCc4ccccc4OC)csc3n2)cc1. The first-order chi connectivity index (χ1) is 14.7. The number of carbonyl (C=O) groups is 1. The minimum atomic E-state index is -0.00991. The molecule has 0 aliphatic carbocycles. The fourth-order valence-electron chi connectivity index (χ4n) is 3.33. The molecule has 2 aromatic heterocycles. The van der Waals surface area contributed by atoms with Gasteiger partial charge in [0.2, 0.25) is 5.91 Å². The molecule has 4 rings (SSSR count). The van der Waals surface area contributed by atoms with Crippen molar-refractivity contribution in [2.24, 2.45) is 0 Å². The molecule has 7 heteroatoms. The molecule has 0 spiro atoms. The van der Waals surface area contributed by atoms with E-state index in [4.69, 9.17) is 9.47 Å². The van der Waals surface area contributed by atoms with Gasteiger partial charge in [-0.25, -0.2) is 4.98 Å². The summed E-state index contributed by atoms with van der Waals surface area (Å²) in [6, 6.07) is 15.6. The van der Waals surface area contributed by atoms with E-state index in [0.29, 0.717) is 13.0 Å². The molecule has 0 unspecified atom stereocenters. The van der Waals surface area contributed by atoms with Gasteiger partial charge in [0.1, 0.15) is 11.5 Å². The van der Waals surface area contributed by atoms with Gasteiger partial charge in [-0.2, -0.15) is 0 Å². The average molecular weight is 422 g/mol. The van der Waals surface area contributed by atoms with Crippen LogP contribution in [0.25, 0.3) is 16.2 Å². The summed E-state index contributed by atoms with van der Waals surface area (Å²) in [6.07, 6.45) is 3.01. The number of ether oxygens (including phenoxy) is 2. The van der Waals surface area contributed by atoms with Gasteiger partial charge < -0.3 is 14.8 Å². The fourth-order valence-corrected chi connectivity index (χ4v) is 4.20. The summed E-state index contributed by atoms with van der Waals surface area (Å²) in [5.74, 6) is 1.64. The maximum absolute atomic E-state index is 12.5. The Morgan fingerprint density at radius 3 is 2.67 bits per heavy atom. The van der Waals surface area contributed by atoms with Crippen LogP contribution >= 0.6 is 11.3 Å². The van der Waals surface area contributed by atoms with E-state index < -0.39 is 0 Å². The highest BCUT2D eigenvalue weighted by atomic mass is 32.1. The highest BCUT2D eigenvalue weighted by Crippen LogP contribution is 2.25. The zero-order chi connectivity index (χ0) is 20.9. The number of imidazole rings is 1. The first-order valence-corrected chi connectivity index (χ1v) is 10.5. The van der Waals surface area contributed by atoms with Crippen molar-refractivity contribution in [3.8, 4) is 22.8 Å². The van der Waals surface area contributed by atoms with Crippen LogP contribution in [0.4, 0.5) is 0 Å². The summed E-state index contributed by atoms with van der Waals surface area (Å²) in [7, 11) is 3.31. The van der Waals surface area contributed by atoms with Crippen molar-refractivity contribution in [2.75, 3.05) is 20.8 Å². The standard InChI is InChI=1S/C23H23N3O3S/c1-28-19-9-7-16(8-10-19)20-14-26-18(15-30-23(26)25-20)13-22(27)24-12-11-17-5-3-4-6-21(17)29-2/h3-10,14-15H,11-13H2,1-2H3,(H,24,27). The summed E-state index contributed by atoms with van der Waals surface area (Å²) in [4.78, 5) is 18.0. The van der Waals surface area contributed by atoms with Crippen LogP contribution in [0.1, 0.15) is 11.3 Å². The molecule has 0 bridgehead atoms. The van der Waals surface area contributed by atoms with Crippen LogP contribution in [0.5, 0.6) is 11.5 Å². The van der Waals surface area contributed by atoms with Gasteiger partial charge in [0.15, 0.2) is 4.96 Å². The molecule has 1 amide bonds. The number of nitrogens with one attached hydrogen (secondary N) is 1. The van der Waals surface area contributed by atoms with Gasteiger partial charge in [0, 0.05) is 29.4 Å². The number of para-hydroxylation sites is 1. The number of benzene rings is 2. The topological polar surface area (TPSA) is 64.9 Å². The number of methoxy groups -OCH3 is 2. The summed E-state index contributed by atoms with van der Waals surface area (Å²) < 4.78 is 12.6. The lowest BCUT2D eigenvalue weighted by Gasteiger charge is -2.09. The van der Waals surface area contributed by atoms with E-state index in [-0.39, 0.29) is 5.91 Å². The van der Waals surface area contributed by atoms with E-state index in [2.05, 4.69) is 10.3 Å². The number of thiazole rings is 1. The Morgan fingerprint density at radius 1 is 1.10 bits per heavy atom. The van der Waals surface area contributed by atoms with Crippen LogP contribution in [0, 0.1) is 0 Å². The van der Waals surface area contributed by atoms with Gasteiger partial charge >= 0.3 is 0 Å². The minimum absolute atomic E-state index is 0.00991. The smallest absolute Gasteiger partial charge is 0.225 e. The number of hydrogen-bond acceptors (Lipinski definition) is 5. The second-order valence-electron chi connectivity index (χ2n) is 6.82. The summed E-state index contributed by atoms with van der Waals surface area (Å²) in [5.41, 5.74) is 3.90. The number of aromatic nitrogens is 2. The summed E-state index contributed by atoms with van der Waals surface area (Å²) >= 11 is 1.54. The third-order valence-corrected chi connectivity index (χ3v) is 5.81. The normalized spacial score (nSPS) is 10.9. The van der Waals surface area contributed by atoms with Crippen LogP contribution in [-0.2, 0) is 17.6 Å². The molecule has 1 N–H and O–H groups in total. The maximum Gasteiger partial charge on any atom is 0.225 e. The van der Waals surface area contributed by atoms with Gasteiger partial charge in [-0.05, 0) is 42.3 Å². The van der Waals surface area contributed by atoms with Gasteiger partial charge in [-0.3, -0.25) is 9.20 Å². The molecule has 6 nitrogen and oxygen atoms in total. The minimum Gasteiger partial charge on any atom is -0.497 e. The number of hydrogen-bond donors (Lipinski definition) is 1. The van der Waals surface area contributed by atoms with E-state index in [1.165, 1.54) is 11.3 Å². The monoisotopic (exact) mass is 421 g/mol. The number of amides is 1. The van der Waals surface area contributed by atoms with Gasteiger partial charge in [-0.15, -0.1) is 11.3 Å². The van der Waals surface area contributed by atoms with Crippen molar-refractivity contribution in [3.05, 3.63) is 71.4 Å². The summed E-state index contributed by atoms with van der Waals surface area (Å²) in [5, 5.41) is 4.99. The van der Waals surface area contributed by atoms with Crippen molar-refractivity contribution < 1.29 is 14.3 Å². The largest absolute Gasteiger partial charge is 0.497 e. The van der Waals surface area contributed by atoms with E-state index >= 15 is 0 Å². The molecule has 0 atom stereocenters. The second-order valence-corrected chi connectivity index (χ2v) is 7.66. The maximum atomic E-state index is 12.5. The van der Waals surface area contributed by atoms with Crippen LogP contribution in [0.3, 0.4) is 0 Å². The molecule has 30 heavy (non-hydrogen) atoms. The highest BCUT2D eigenvalue weighted by molar-refractivity contribution is 7.15. The molecule has 0 saturated carbocycles. The van der Waals surface area contributed by atoms with Crippen molar-refractivity contribution in [2.45, 2.75) is 12.8 Å². The van der Waals surface area contributed by atoms with Crippen molar-refractivity contribution in [1.82, 2.24) is 14.7 Å².